The van der Waals surface area contributed by atoms with E-state index in [-0.39, 0.29) is 17.4 Å². The number of nitrogens with zero attached hydrogens (tertiary/aromatic N) is 2. The van der Waals surface area contributed by atoms with Crippen LogP contribution in [0.3, 0.4) is 0 Å². The van der Waals surface area contributed by atoms with Crippen molar-refractivity contribution in [2.45, 2.75) is 25.9 Å². The summed E-state index contributed by atoms with van der Waals surface area (Å²) in [6.07, 6.45) is 0. The zero-order valence-electron chi connectivity index (χ0n) is 20.3. The molecule has 3 aromatic rings. The van der Waals surface area contributed by atoms with E-state index in [0.717, 1.165) is 16.7 Å². The van der Waals surface area contributed by atoms with Crippen molar-refractivity contribution in [2.75, 3.05) is 33.3 Å². The molecular formula is C29H29FN2O3. The molecule has 1 heterocycles. The minimum Gasteiger partial charge on any atom is -0.497 e. The van der Waals surface area contributed by atoms with Crippen LogP contribution in [0.25, 0.3) is 0 Å². The molecule has 3 aromatic carbocycles. The first kappa shape index (κ1) is 23.4. The molecule has 1 aliphatic heterocycles. The van der Waals surface area contributed by atoms with Gasteiger partial charge >= 0.3 is 0 Å². The first-order valence-electron chi connectivity index (χ1n) is 11.9. The zero-order valence-corrected chi connectivity index (χ0v) is 20.3. The summed E-state index contributed by atoms with van der Waals surface area (Å²) in [5.74, 6) is -0.0604. The molecule has 0 amide bonds. The number of piperazine rings is 1. The molecule has 35 heavy (non-hydrogen) atoms. The summed E-state index contributed by atoms with van der Waals surface area (Å²) in [6, 6.07) is 17.7. The van der Waals surface area contributed by atoms with E-state index < -0.39 is 5.54 Å². The van der Waals surface area contributed by atoms with Gasteiger partial charge in [-0.3, -0.25) is 19.4 Å². The van der Waals surface area contributed by atoms with Crippen LogP contribution in [0.15, 0.2) is 60.7 Å². The number of carbonyl (C=O) groups is 2. The second-order valence-corrected chi connectivity index (χ2v) is 9.48. The fourth-order valence-electron chi connectivity index (χ4n) is 5.42. The van der Waals surface area contributed by atoms with Crippen molar-refractivity contribution < 1.29 is 18.7 Å². The van der Waals surface area contributed by atoms with Gasteiger partial charge in [0.1, 0.15) is 11.6 Å². The molecule has 0 aromatic heterocycles. The molecule has 6 heteroatoms. The first-order chi connectivity index (χ1) is 16.8. The van der Waals surface area contributed by atoms with Gasteiger partial charge in [0.25, 0.3) is 0 Å². The molecule has 0 saturated carbocycles. The Bertz CT molecular complexity index is 1310. The summed E-state index contributed by atoms with van der Waals surface area (Å²) < 4.78 is 19.1. The molecule has 1 saturated heterocycles. The van der Waals surface area contributed by atoms with Crippen LogP contribution < -0.4 is 4.74 Å². The van der Waals surface area contributed by atoms with Gasteiger partial charge in [0.15, 0.2) is 17.1 Å². The topological polar surface area (TPSA) is 49.9 Å². The van der Waals surface area contributed by atoms with Crippen molar-refractivity contribution in [3.05, 3.63) is 99.9 Å². The lowest BCUT2D eigenvalue weighted by molar-refractivity contribution is 0.0278. The van der Waals surface area contributed by atoms with Gasteiger partial charge in [-0.15, -0.1) is 0 Å². The number of benzene rings is 3. The molecular weight excluding hydrogens is 443 g/mol. The van der Waals surface area contributed by atoms with Crippen molar-refractivity contribution >= 4 is 11.6 Å². The highest BCUT2D eigenvalue weighted by molar-refractivity contribution is 6.33. The highest BCUT2D eigenvalue weighted by Crippen LogP contribution is 2.44. The van der Waals surface area contributed by atoms with Crippen LogP contribution in [0.4, 0.5) is 4.39 Å². The van der Waals surface area contributed by atoms with Crippen molar-refractivity contribution in [1.29, 1.82) is 0 Å². The number of fused-ring (bicyclic) bond motifs is 1. The summed E-state index contributed by atoms with van der Waals surface area (Å²) in [5.41, 5.74) is 3.17. The normalized spacial score (nSPS) is 20.8. The van der Waals surface area contributed by atoms with E-state index in [9.17, 15) is 14.0 Å². The standard InChI is InChI=1S/C29H29FN2O3/c1-19-5-4-6-22(15-19)29(27(33)25-10-9-24(35-3)17-26(25)28(29)34)32-13-11-31(12-14-32)18-21-16-23(30)8-7-20(21)2/h4-10,15-17H,11-14,18H2,1-3H3. The minimum atomic E-state index is -1.39. The Morgan fingerprint density at radius 1 is 0.886 bits per heavy atom. The van der Waals surface area contributed by atoms with Crippen molar-refractivity contribution in [3.63, 3.8) is 0 Å². The third kappa shape index (κ3) is 3.87. The SMILES string of the molecule is COc1ccc2c(c1)C(=O)C(c1cccc(C)c1)(N1CCN(Cc3cc(F)ccc3C)CC1)C2=O. The van der Waals surface area contributed by atoms with Crippen LogP contribution in [-0.2, 0) is 12.1 Å². The van der Waals surface area contributed by atoms with Gasteiger partial charge in [0, 0.05) is 43.9 Å². The van der Waals surface area contributed by atoms with Crippen LogP contribution in [0.5, 0.6) is 5.75 Å². The third-order valence-electron chi connectivity index (χ3n) is 7.36. The maximum Gasteiger partial charge on any atom is 0.196 e. The summed E-state index contributed by atoms with van der Waals surface area (Å²) in [5, 5.41) is 0. The fraction of sp³-hybridized carbons (Fsp3) is 0.310. The largest absolute Gasteiger partial charge is 0.497 e. The molecule has 0 spiro atoms. The van der Waals surface area contributed by atoms with Gasteiger partial charge in [0.2, 0.25) is 0 Å². The summed E-state index contributed by atoms with van der Waals surface area (Å²) in [7, 11) is 1.55. The van der Waals surface area contributed by atoms with Crippen LogP contribution >= 0.6 is 0 Å². The first-order valence-corrected chi connectivity index (χ1v) is 11.9. The van der Waals surface area contributed by atoms with Gasteiger partial charge in [0.05, 0.1) is 7.11 Å². The number of halogens is 1. The van der Waals surface area contributed by atoms with Crippen LogP contribution in [0, 0.1) is 19.7 Å². The Labute approximate surface area is 205 Å². The Hall–Kier alpha value is -3.35. The van der Waals surface area contributed by atoms with E-state index in [4.69, 9.17) is 4.74 Å². The van der Waals surface area contributed by atoms with Gasteiger partial charge in [-0.1, -0.05) is 35.9 Å². The van der Waals surface area contributed by atoms with E-state index in [0.29, 0.717) is 55.2 Å². The van der Waals surface area contributed by atoms with Crippen molar-refractivity contribution in [2.24, 2.45) is 0 Å². The molecule has 180 valence electrons. The molecule has 1 aliphatic carbocycles. The van der Waals surface area contributed by atoms with Gasteiger partial charge in [-0.25, -0.2) is 4.39 Å². The molecule has 1 atom stereocenters. The monoisotopic (exact) mass is 472 g/mol. The molecule has 1 fully saturated rings. The number of aryl methyl sites for hydroxylation is 2. The molecule has 5 nitrogen and oxygen atoms in total. The molecule has 5 rings (SSSR count). The maximum absolute atomic E-state index is 14.1. The van der Waals surface area contributed by atoms with E-state index in [1.165, 1.54) is 6.07 Å². The maximum atomic E-state index is 14.1. The fourth-order valence-corrected chi connectivity index (χ4v) is 5.42. The average molecular weight is 473 g/mol. The number of hydrogen-bond donors (Lipinski definition) is 0. The van der Waals surface area contributed by atoms with Crippen molar-refractivity contribution in [3.8, 4) is 5.75 Å². The Kier molecular flexibility index (Phi) is 6.03. The molecule has 1 unspecified atom stereocenters. The Balaban J connectivity index is 1.49. The minimum absolute atomic E-state index is 0.180. The van der Waals surface area contributed by atoms with Gasteiger partial charge in [-0.2, -0.15) is 0 Å². The average Bonchev–Trinajstić information content (AvgIpc) is 3.08. The smallest absolute Gasteiger partial charge is 0.196 e. The second-order valence-electron chi connectivity index (χ2n) is 9.48. The van der Waals surface area contributed by atoms with E-state index in [2.05, 4.69) is 4.90 Å². The summed E-state index contributed by atoms with van der Waals surface area (Å²) in [6.45, 7) is 7.02. The molecule has 0 radical (unpaired) electrons. The molecule has 2 aliphatic rings. The lowest BCUT2D eigenvalue weighted by Gasteiger charge is -2.44. The highest BCUT2D eigenvalue weighted by atomic mass is 19.1. The number of carbonyl (C=O) groups excluding carboxylic acids is 2. The lowest BCUT2D eigenvalue weighted by atomic mass is 9.82. The predicted molar refractivity (Wildman–Crippen MR) is 132 cm³/mol. The number of rotatable bonds is 5. The summed E-state index contributed by atoms with van der Waals surface area (Å²) in [4.78, 5) is 32.4. The number of ketones is 2. The van der Waals surface area contributed by atoms with Gasteiger partial charge < -0.3 is 4.74 Å². The van der Waals surface area contributed by atoms with E-state index in [1.54, 1.807) is 37.4 Å². The quantitative estimate of drug-likeness (QED) is 0.510. The molecule has 0 bridgehead atoms. The highest BCUT2D eigenvalue weighted by Gasteiger charge is 2.58. The van der Waals surface area contributed by atoms with E-state index >= 15 is 0 Å². The van der Waals surface area contributed by atoms with Crippen LogP contribution in [0.2, 0.25) is 0 Å². The summed E-state index contributed by atoms with van der Waals surface area (Å²) >= 11 is 0. The zero-order chi connectivity index (χ0) is 24.7. The predicted octanol–water partition coefficient (Wildman–Crippen LogP) is 4.54. The van der Waals surface area contributed by atoms with Gasteiger partial charge in [-0.05, 0) is 60.9 Å². The van der Waals surface area contributed by atoms with Crippen LogP contribution in [0.1, 0.15) is 43.0 Å². The third-order valence-corrected chi connectivity index (χ3v) is 7.36. The number of Topliss-reactive ketones (excluding diaryl/α,β-unsaturated/α-hetero) is 2. The van der Waals surface area contributed by atoms with E-state index in [1.807, 2.05) is 43.0 Å². The lowest BCUT2D eigenvalue weighted by Crippen LogP contribution is -2.60. The van der Waals surface area contributed by atoms with Crippen molar-refractivity contribution in [1.82, 2.24) is 9.80 Å². The number of ether oxygens (including phenoxy) is 1. The van der Waals surface area contributed by atoms with Crippen LogP contribution in [-0.4, -0.2) is 54.7 Å². The Morgan fingerprint density at radius 3 is 2.34 bits per heavy atom. The second kappa shape index (κ2) is 9.02. The number of hydrogen-bond acceptors (Lipinski definition) is 5. The Morgan fingerprint density at radius 2 is 1.63 bits per heavy atom. The molecule has 0 N–H and O–H groups in total. The number of methoxy groups -OCH3 is 1.